The molecule has 46 heavy (non-hydrogen) atoms. The van der Waals surface area contributed by atoms with Crippen molar-refractivity contribution in [1.82, 2.24) is 15.3 Å². The van der Waals surface area contributed by atoms with Crippen LogP contribution in [-0.4, -0.2) is 63.9 Å². The third kappa shape index (κ3) is 6.08. The molecule has 10 nitrogen and oxygen atoms in total. The third-order valence-corrected chi connectivity index (χ3v) is 9.21. The van der Waals surface area contributed by atoms with E-state index in [2.05, 4.69) is 20.0 Å². The van der Waals surface area contributed by atoms with Crippen LogP contribution < -0.4 is 24.4 Å². The van der Waals surface area contributed by atoms with Crippen molar-refractivity contribution >= 4 is 50.6 Å². The van der Waals surface area contributed by atoms with Gasteiger partial charge in [0.15, 0.2) is 0 Å². The summed E-state index contributed by atoms with van der Waals surface area (Å²) >= 11 is 0. The Morgan fingerprint density at radius 1 is 1.11 bits per heavy atom. The Morgan fingerprint density at radius 3 is 2.48 bits per heavy atom. The fourth-order valence-electron chi connectivity index (χ4n) is 6.47. The topological polar surface area (TPSA) is 123 Å². The molecule has 0 saturated heterocycles. The highest BCUT2D eigenvalue weighted by Crippen LogP contribution is 2.60. The summed E-state index contributed by atoms with van der Waals surface area (Å²) in [5.74, 6) is 0.488. The van der Waals surface area contributed by atoms with Crippen molar-refractivity contribution in [2.75, 3.05) is 43.2 Å². The SMILES string of the molecule is COc1ccc(C2CC3(C2)C(=O)N(C)c2cnc4cc(F)c(-c5cnc(OCCNC(C)C)c(NS(C)(=O)=O)c5)cc4c23)cc1.Cl. The summed E-state index contributed by atoms with van der Waals surface area (Å²) in [7, 11) is -0.317. The molecule has 13 heteroatoms. The second kappa shape index (κ2) is 12.7. The van der Waals surface area contributed by atoms with Crippen molar-refractivity contribution in [2.45, 2.75) is 44.1 Å². The average Bonchev–Trinajstić information content (AvgIpc) is 3.20. The van der Waals surface area contributed by atoms with Crippen LogP contribution in [0.15, 0.2) is 54.9 Å². The Kier molecular flexibility index (Phi) is 9.18. The standard InChI is InChI=1S/C33H36FN5O5S.ClH/c1-19(2)35-10-11-44-31-28(38-45(5,41)42)12-21(17-37-31)24-13-25-27(14-26(24)34)36-18-29-30(25)33(32(40)39(29)3)15-22(16-33)20-6-8-23(43-4)9-7-20;/h6-9,12-14,17-19,22,35,38H,10-11,15-16H2,1-5H3;1H. The Hall–Kier alpha value is -4.00. The van der Waals surface area contributed by atoms with Gasteiger partial charge in [-0.3, -0.25) is 14.5 Å². The quantitative estimate of drug-likeness (QED) is 0.215. The first-order chi connectivity index (χ1) is 21.4. The van der Waals surface area contributed by atoms with E-state index >= 15 is 4.39 Å². The van der Waals surface area contributed by atoms with Crippen molar-refractivity contribution < 1.29 is 27.1 Å². The predicted molar refractivity (Wildman–Crippen MR) is 179 cm³/mol. The van der Waals surface area contributed by atoms with E-state index in [9.17, 15) is 13.2 Å². The van der Waals surface area contributed by atoms with E-state index in [1.807, 2.05) is 38.1 Å². The van der Waals surface area contributed by atoms with Crippen LogP contribution >= 0.6 is 12.4 Å². The van der Waals surface area contributed by atoms with E-state index in [-0.39, 0.29) is 54.0 Å². The van der Waals surface area contributed by atoms with Crippen LogP contribution in [0.25, 0.3) is 22.0 Å². The molecule has 1 aliphatic heterocycles. The molecule has 0 radical (unpaired) electrons. The zero-order valence-electron chi connectivity index (χ0n) is 26.3. The summed E-state index contributed by atoms with van der Waals surface area (Å²) in [6.07, 6.45) is 5.35. The molecular weight excluding hydrogens is 633 g/mol. The lowest BCUT2D eigenvalue weighted by atomic mass is 9.57. The first kappa shape index (κ1) is 33.4. The average molecular weight is 670 g/mol. The van der Waals surface area contributed by atoms with E-state index in [0.29, 0.717) is 41.5 Å². The molecule has 1 amide bonds. The van der Waals surface area contributed by atoms with Crippen molar-refractivity contribution in [3.8, 4) is 22.8 Å². The van der Waals surface area contributed by atoms with Gasteiger partial charge >= 0.3 is 0 Å². The van der Waals surface area contributed by atoms with Gasteiger partial charge in [0, 0.05) is 54.0 Å². The molecule has 4 aromatic rings. The number of fused-ring (bicyclic) bond motifs is 4. The number of amides is 1. The number of methoxy groups -OCH3 is 1. The number of carbonyl (C=O) groups excluding carboxylic acids is 1. The van der Waals surface area contributed by atoms with Crippen LogP contribution in [0.2, 0.25) is 0 Å². The monoisotopic (exact) mass is 669 g/mol. The Bertz CT molecular complexity index is 1900. The number of hydrogen-bond donors (Lipinski definition) is 2. The number of pyridine rings is 2. The van der Waals surface area contributed by atoms with Gasteiger partial charge in [-0.05, 0) is 48.6 Å². The number of sulfonamides is 1. The first-order valence-electron chi connectivity index (χ1n) is 14.8. The highest BCUT2D eigenvalue weighted by atomic mass is 35.5. The van der Waals surface area contributed by atoms with Gasteiger partial charge < -0.3 is 19.7 Å². The first-order valence-corrected chi connectivity index (χ1v) is 16.7. The van der Waals surface area contributed by atoms with E-state index in [4.69, 9.17) is 9.47 Å². The zero-order valence-corrected chi connectivity index (χ0v) is 27.9. The molecule has 1 aliphatic carbocycles. The molecule has 1 fully saturated rings. The highest BCUT2D eigenvalue weighted by molar-refractivity contribution is 7.92. The summed E-state index contributed by atoms with van der Waals surface area (Å²) in [5.41, 5.74) is 3.01. The molecular formula is C33H37ClFN5O5S. The summed E-state index contributed by atoms with van der Waals surface area (Å²) in [6, 6.07) is 12.7. The number of carbonyl (C=O) groups is 1. The highest BCUT2D eigenvalue weighted by Gasteiger charge is 2.58. The minimum atomic E-state index is -3.69. The summed E-state index contributed by atoms with van der Waals surface area (Å²) in [6.45, 7) is 4.80. The largest absolute Gasteiger partial charge is 0.497 e. The summed E-state index contributed by atoms with van der Waals surface area (Å²) in [4.78, 5) is 24.3. The number of rotatable bonds is 10. The van der Waals surface area contributed by atoms with Crippen LogP contribution in [0, 0.1) is 5.82 Å². The molecule has 0 unspecified atom stereocenters. The Morgan fingerprint density at radius 2 is 1.83 bits per heavy atom. The number of hydrogen-bond acceptors (Lipinski definition) is 8. The van der Waals surface area contributed by atoms with Crippen LogP contribution in [0.3, 0.4) is 0 Å². The third-order valence-electron chi connectivity index (χ3n) is 8.62. The second-order valence-electron chi connectivity index (χ2n) is 12.1. The van der Waals surface area contributed by atoms with Gasteiger partial charge in [0.05, 0.1) is 36.2 Å². The maximum atomic E-state index is 15.7. The number of benzene rings is 2. The number of nitrogens with one attached hydrogen (secondary N) is 2. The van der Waals surface area contributed by atoms with Crippen molar-refractivity contribution in [2.24, 2.45) is 0 Å². The van der Waals surface area contributed by atoms with Gasteiger partial charge in [-0.15, -0.1) is 12.4 Å². The van der Waals surface area contributed by atoms with Gasteiger partial charge in [-0.25, -0.2) is 17.8 Å². The molecule has 0 bridgehead atoms. The lowest BCUT2D eigenvalue weighted by Gasteiger charge is -2.44. The lowest BCUT2D eigenvalue weighted by molar-refractivity contribution is -0.126. The van der Waals surface area contributed by atoms with Crippen molar-refractivity contribution in [3.63, 3.8) is 0 Å². The number of ether oxygens (including phenoxy) is 2. The summed E-state index contributed by atoms with van der Waals surface area (Å²) in [5, 5.41) is 3.90. The maximum absolute atomic E-state index is 15.7. The van der Waals surface area contributed by atoms with Gasteiger partial charge in [-0.2, -0.15) is 0 Å². The van der Waals surface area contributed by atoms with Gasteiger partial charge in [0.1, 0.15) is 23.9 Å². The summed E-state index contributed by atoms with van der Waals surface area (Å²) < 4.78 is 53.6. The van der Waals surface area contributed by atoms with E-state index < -0.39 is 21.3 Å². The second-order valence-corrected chi connectivity index (χ2v) is 13.8. The molecule has 244 valence electrons. The van der Waals surface area contributed by atoms with E-state index in [1.54, 1.807) is 31.3 Å². The van der Waals surface area contributed by atoms with Crippen LogP contribution in [-0.2, 0) is 20.2 Å². The number of likely N-dealkylation sites (N-methyl/N-ethyl adjacent to an activating group) is 1. The predicted octanol–water partition coefficient (Wildman–Crippen LogP) is 5.41. The molecule has 1 saturated carbocycles. The molecule has 6 rings (SSSR count). The molecule has 2 aliphatic rings. The lowest BCUT2D eigenvalue weighted by Crippen LogP contribution is -2.47. The number of nitrogens with zero attached hydrogens (tertiary/aromatic N) is 3. The van der Waals surface area contributed by atoms with Crippen molar-refractivity contribution in [1.29, 1.82) is 0 Å². The molecule has 1 spiro atoms. The van der Waals surface area contributed by atoms with Crippen LogP contribution in [0.5, 0.6) is 11.6 Å². The van der Waals surface area contributed by atoms with E-state index in [0.717, 1.165) is 23.1 Å². The smallest absolute Gasteiger partial charge is 0.238 e. The molecule has 2 N–H and O–H groups in total. The van der Waals surface area contributed by atoms with Crippen LogP contribution in [0.4, 0.5) is 15.8 Å². The van der Waals surface area contributed by atoms with Crippen LogP contribution in [0.1, 0.15) is 43.7 Å². The number of halogens is 2. The number of aromatic nitrogens is 2. The minimum absolute atomic E-state index is 0. The van der Waals surface area contributed by atoms with Gasteiger partial charge in [0.2, 0.25) is 21.8 Å². The van der Waals surface area contributed by atoms with Gasteiger partial charge in [-0.1, -0.05) is 26.0 Å². The van der Waals surface area contributed by atoms with Gasteiger partial charge in [0.25, 0.3) is 0 Å². The Balaban J connectivity index is 0.00000417. The van der Waals surface area contributed by atoms with E-state index in [1.165, 1.54) is 18.3 Å². The fraction of sp³-hybridized carbons (Fsp3) is 0.364. The fourth-order valence-corrected chi connectivity index (χ4v) is 7.02. The normalized spacial score (nSPS) is 18.8. The zero-order chi connectivity index (χ0) is 32.1. The molecule has 2 aromatic heterocycles. The molecule has 2 aromatic carbocycles. The Labute approximate surface area is 274 Å². The van der Waals surface area contributed by atoms with Crippen molar-refractivity contribution in [3.05, 3.63) is 71.8 Å². The molecule has 3 heterocycles. The molecule has 0 atom stereocenters. The maximum Gasteiger partial charge on any atom is 0.238 e. The number of anilines is 2. The minimum Gasteiger partial charge on any atom is -0.497 e.